The van der Waals surface area contributed by atoms with E-state index in [9.17, 15) is 10.1 Å². The quantitative estimate of drug-likeness (QED) is 0.503. The van der Waals surface area contributed by atoms with Crippen LogP contribution in [0.25, 0.3) is 23.0 Å². The molecule has 0 unspecified atom stereocenters. The molecule has 0 fully saturated rings. The van der Waals surface area contributed by atoms with Crippen LogP contribution >= 0.6 is 27.5 Å². The molecule has 2 heterocycles. The Morgan fingerprint density at radius 2 is 2.10 bits per heavy atom. The van der Waals surface area contributed by atoms with Gasteiger partial charge in [0.15, 0.2) is 10.4 Å². The molecule has 2 aromatic heterocycles. The van der Waals surface area contributed by atoms with Gasteiger partial charge in [0, 0.05) is 12.1 Å². The fourth-order valence-electron chi connectivity index (χ4n) is 1.66. The number of nitrogens with zero attached hydrogens (tertiary/aromatic N) is 3. The predicted octanol–water partition coefficient (Wildman–Crippen LogP) is 4.32. The maximum atomic E-state index is 10.8. The Kier molecular flexibility index (Phi) is 3.48. The third-order valence-electron chi connectivity index (χ3n) is 2.61. The lowest BCUT2D eigenvalue weighted by Gasteiger charge is -1.98. The highest BCUT2D eigenvalue weighted by atomic mass is 79.9. The summed E-state index contributed by atoms with van der Waals surface area (Å²) in [5, 5.41) is 14.8. The SMILES string of the molecule is O=[N+]([O-])c1ccc(Cl)c(-c2nc(-c3ccc(Br)o3)no2)c1. The van der Waals surface area contributed by atoms with E-state index in [-0.39, 0.29) is 28.0 Å². The second-order valence-corrected chi connectivity index (χ2v) is 5.14. The third kappa shape index (κ3) is 2.67. The smallest absolute Gasteiger partial charge is 0.270 e. The maximum absolute atomic E-state index is 10.8. The molecule has 0 aliphatic carbocycles. The van der Waals surface area contributed by atoms with Gasteiger partial charge in [-0.25, -0.2) is 0 Å². The van der Waals surface area contributed by atoms with E-state index in [1.165, 1.54) is 18.2 Å². The van der Waals surface area contributed by atoms with Crippen molar-refractivity contribution >= 4 is 33.2 Å². The lowest BCUT2D eigenvalue weighted by molar-refractivity contribution is -0.384. The predicted molar refractivity (Wildman–Crippen MR) is 76.8 cm³/mol. The molecule has 21 heavy (non-hydrogen) atoms. The molecule has 9 heteroatoms. The number of furan rings is 1. The van der Waals surface area contributed by atoms with Crippen LogP contribution in [0, 0.1) is 10.1 Å². The van der Waals surface area contributed by atoms with E-state index < -0.39 is 4.92 Å². The zero-order chi connectivity index (χ0) is 15.0. The second kappa shape index (κ2) is 5.30. The van der Waals surface area contributed by atoms with E-state index in [1.54, 1.807) is 12.1 Å². The number of nitro benzene ring substituents is 1. The van der Waals surface area contributed by atoms with Crippen LogP contribution in [0.1, 0.15) is 0 Å². The molecule has 0 aliphatic heterocycles. The number of benzene rings is 1. The Bertz CT molecular complexity index is 830. The van der Waals surface area contributed by atoms with Crippen molar-refractivity contribution in [2.45, 2.75) is 0 Å². The maximum Gasteiger partial charge on any atom is 0.270 e. The van der Waals surface area contributed by atoms with Crippen LogP contribution < -0.4 is 0 Å². The van der Waals surface area contributed by atoms with Gasteiger partial charge in [0.1, 0.15) is 0 Å². The Balaban J connectivity index is 2.03. The molecule has 0 aliphatic rings. The molecule has 0 N–H and O–H groups in total. The molecule has 0 spiro atoms. The average molecular weight is 371 g/mol. The van der Waals surface area contributed by atoms with Crippen molar-refractivity contribution in [2.24, 2.45) is 0 Å². The Morgan fingerprint density at radius 3 is 2.76 bits per heavy atom. The summed E-state index contributed by atoms with van der Waals surface area (Å²) in [5.74, 6) is 0.697. The Labute approximate surface area is 130 Å². The van der Waals surface area contributed by atoms with Crippen molar-refractivity contribution in [1.29, 1.82) is 0 Å². The zero-order valence-electron chi connectivity index (χ0n) is 10.1. The van der Waals surface area contributed by atoms with Gasteiger partial charge in [0.05, 0.1) is 15.5 Å². The van der Waals surface area contributed by atoms with Gasteiger partial charge in [0.2, 0.25) is 5.82 Å². The van der Waals surface area contributed by atoms with Crippen molar-refractivity contribution < 1.29 is 13.9 Å². The number of non-ortho nitro benzene ring substituents is 1. The minimum absolute atomic E-state index is 0.0752. The van der Waals surface area contributed by atoms with Crippen LogP contribution in [0.3, 0.4) is 0 Å². The monoisotopic (exact) mass is 369 g/mol. The average Bonchev–Trinajstić information content (AvgIpc) is 3.07. The van der Waals surface area contributed by atoms with Crippen molar-refractivity contribution in [3.8, 4) is 23.0 Å². The standard InChI is InChI=1S/C12H5BrClN3O4/c13-10-4-3-9(20-10)11-15-12(21-16-11)7-5-6(17(18)19)1-2-8(7)14/h1-5H. The summed E-state index contributed by atoms with van der Waals surface area (Å²) in [4.78, 5) is 14.4. The molecule has 0 radical (unpaired) electrons. The lowest BCUT2D eigenvalue weighted by Crippen LogP contribution is -1.89. The van der Waals surface area contributed by atoms with E-state index in [0.29, 0.717) is 10.4 Å². The number of halogens is 2. The Morgan fingerprint density at radius 1 is 1.29 bits per heavy atom. The van der Waals surface area contributed by atoms with Crippen molar-refractivity contribution in [3.63, 3.8) is 0 Å². The summed E-state index contributed by atoms with van der Waals surface area (Å²) in [6.07, 6.45) is 0. The zero-order valence-corrected chi connectivity index (χ0v) is 12.5. The van der Waals surface area contributed by atoms with Gasteiger partial charge in [0.25, 0.3) is 11.6 Å². The van der Waals surface area contributed by atoms with Gasteiger partial charge < -0.3 is 8.94 Å². The van der Waals surface area contributed by atoms with E-state index in [0.717, 1.165) is 0 Å². The molecule has 0 bridgehead atoms. The number of hydrogen-bond acceptors (Lipinski definition) is 6. The van der Waals surface area contributed by atoms with Crippen LogP contribution in [-0.2, 0) is 0 Å². The van der Waals surface area contributed by atoms with Crippen LogP contribution in [-0.4, -0.2) is 15.1 Å². The van der Waals surface area contributed by atoms with Crippen LogP contribution in [0.4, 0.5) is 5.69 Å². The molecule has 3 aromatic rings. The Hall–Kier alpha value is -2.19. The van der Waals surface area contributed by atoms with Gasteiger partial charge in [-0.1, -0.05) is 16.8 Å². The largest absolute Gasteiger partial charge is 0.446 e. The molecule has 0 saturated carbocycles. The number of nitro groups is 1. The minimum Gasteiger partial charge on any atom is -0.446 e. The topological polar surface area (TPSA) is 95.2 Å². The highest BCUT2D eigenvalue weighted by molar-refractivity contribution is 9.10. The fourth-order valence-corrected chi connectivity index (χ4v) is 2.16. The van der Waals surface area contributed by atoms with Crippen LogP contribution in [0.15, 0.2) is 43.9 Å². The lowest BCUT2D eigenvalue weighted by atomic mass is 10.2. The molecule has 0 atom stereocenters. The molecule has 0 amide bonds. The summed E-state index contributed by atoms with van der Waals surface area (Å²) in [7, 11) is 0. The van der Waals surface area contributed by atoms with E-state index in [2.05, 4.69) is 26.1 Å². The molecular formula is C12H5BrClN3O4. The minimum atomic E-state index is -0.527. The molecule has 3 rings (SSSR count). The molecular weight excluding hydrogens is 366 g/mol. The summed E-state index contributed by atoms with van der Waals surface area (Å²) in [6.45, 7) is 0. The van der Waals surface area contributed by atoms with Crippen molar-refractivity contribution in [1.82, 2.24) is 10.1 Å². The second-order valence-electron chi connectivity index (χ2n) is 3.95. The highest BCUT2D eigenvalue weighted by Crippen LogP contribution is 2.32. The van der Waals surface area contributed by atoms with Gasteiger partial charge in [-0.2, -0.15) is 4.98 Å². The van der Waals surface area contributed by atoms with Gasteiger partial charge >= 0.3 is 0 Å². The number of rotatable bonds is 3. The first-order chi connectivity index (χ1) is 10.0. The fraction of sp³-hybridized carbons (Fsp3) is 0. The third-order valence-corrected chi connectivity index (χ3v) is 3.37. The van der Waals surface area contributed by atoms with E-state index in [4.69, 9.17) is 20.5 Å². The molecule has 0 saturated heterocycles. The summed E-state index contributed by atoms with van der Waals surface area (Å²) in [5.41, 5.74) is 0.171. The molecule has 106 valence electrons. The van der Waals surface area contributed by atoms with Gasteiger partial charge in [-0.15, -0.1) is 0 Å². The van der Waals surface area contributed by atoms with Crippen molar-refractivity contribution in [3.05, 3.63) is 50.1 Å². The molecule has 7 nitrogen and oxygen atoms in total. The first-order valence-electron chi connectivity index (χ1n) is 5.58. The summed E-state index contributed by atoms with van der Waals surface area (Å²) >= 11 is 9.18. The van der Waals surface area contributed by atoms with E-state index >= 15 is 0 Å². The normalized spacial score (nSPS) is 10.8. The van der Waals surface area contributed by atoms with E-state index in [1.807, 2.05) is 0 Å². The van der Waals surface area contributed by atoms with Gasteiger partial charge in [-0.05, 0) is 34.1 Å². The van der Waals surface area contributed by atoms with Crippen molar-refractivity contribution in [2.75, 3.05) is 0 Å². The van der Waals surface area contributed by atoms with Crippen LogP contribution in [0.2, 0.25) is 5.02 Å². The molecule has 1 aromatic carbocycles. The van der Waals surface area contributed by atoms with Crippen LogP contribution in [0.5, 0.6) is 0 Å². The number of aromatic nitrogens is 2. The summed E-state index contributed by atoms with van der Waals surface area (Å²) in [6, 6.07) is 7.33. The number of hydrogen-bond donors (Lipinski definition) is 0. The summed E-state index contributed by atoms with van der Waals surface area (Å²) < 4.78 is 10.9. The first-order valence-corrected chi connectivity index (χ1v) is 6.75. The highest BCUT2D eigenvalue weighted by Gasteiger charge is 2.18. The first kappa shape index (κ1) is 13.8. The van der Waals surface area contributed by atoms with Gasteiger partial charge in [-0.3, -0.25) is 10.1 Å².